The Labute approximate surface area is 135 Å². The van der Waals surface area contributed by atoms with Crippen molar-refractivity contribution in [3.63, 3.8) is 0 Å². The quantitative estimate of drug-likeness (QED) is 0.877. The Bertz CT molecular complexity index is 784. The molecule has 0 bridgehead atoms. The smallest absolute Gasteiger partial charge is 0.243 e. The van der Waals surface area contributed by atoms with Gasteiger partial charge in [-0.1, -0.05) is 12.1 Å². The number of carbonyl (C=O) groups is 1. The van der Waals surface area contributed by atoms with E-state index in [1.165, 1.54) is 42.5 Å². The average molecular weight is 334 g/mol. The topological polar surface area (TPSA) is 86.7 Å². The second kappa shape index (κ2) is 6.80. The molecule has 2 aromatic carbocycles. The van der Waals surface area contributed by atoms with Crippen molar-refractivity contribution in [3.8, 4) is 5.75 Å². The molecule has 23 heavy (non-hydrogen) atoms. The van der Waals surface area contributed by atoms with Crippen molar-refractivity contribution in [3.05, 3.63) is 54.1 Å². The molecule has 122 valence electrons. The van der Waals surface area contributed by atoms with E-state index >= 15 is 0 Å². The van der Waals surface area contributed by atoms with Crippen LogP contribution in [0.5, 0.6) is 5.75 Å². The number of nitrogens with zero attached hydrogens (tertiary/aromatic N) is 1. The Morgan fingerprint density at radius 3 is 2.17 bits per heavy atom. The minimum absolute atomic E-state index is 0.132. The number of phenolic OH excluding ortho intramolecular Hbond substituents is 1. The van der Waals surface area contributed by atoms with Crippen molar-refractivity contribution in [2.45, 2.75) is 18.4 Å². The van der Waals surface area contributed by atoms with E-state index in [4.69, 9.17) is 0 Å². The molecule has 0 unspecified atom stereocenters. The molecule has 0 heterocycles. The summed E-state index contributed by atoms with van der Waals surface area (Å²) in [4.78, 5) is 11.1. The summed E-state index contributed by atoms with van der Waals surface area (Å²) in [6.45, 7) is 1.58. The molecule has 1 amide bonds. The van der Waals surface area contributed by atoms with Crippen molar-refractivity contribution in [2.75, 3.05) is 12.4 Å². The van der Waals surface area contributed by atoms with Gasteiger partial charge in [-0.25, -0.2) is 8.42 Å². The van der Waals surface area contributed by atoms with Gasteiger partial charge in [0.2, 0.25) is 15.9 Å². The van der Waals surface area contributed by atoms with E-state index in [-0.39, 0.29) is 23.1 Å². The third-order valence-corrected chi connectivity index (χ3v) is 5.04. The van der Waals surface area contributed by atoms with Gasteiger partial charge in [-0.15, -0.1) is 0 Å². The van der Waals surface area contributed by atoms with Gasteiger partial charge in [-0.3, -0.25) is 4.79 Å². The molecule has 0 atom stereocenters. The van der Waals surface area contributed by atoms with Gasteiger partial charge in [-0.05, 0) is 42.0 Å². The van der Waals surface area contributed by atoms with Crippen LogP contribution >= 0.6 is 0 Å². The maximum absolute atomic E-state index is 12.5. The first-order valence-corrected chi connectivity index (χ1v) is 8.35. The highest BCUT2D eigenvalue weighted by molar-refractivity contribution is 7.89. The molecular formula is C16H18N2O4S. The summed E-state index contributed by atoms with van der Waals surface area (Å²) in [6, 6.07) is 12.4. The summed E-state index contributed by atoms with van der Waals surface area (Å²) < 4.78 is 26.3. The lowest BCUT2D eigenvalue weighted by molar-refractivity contribution is -0.114. The van der Waals surface area contributed by atoms with E-state index in [1.54, 1.807) is 24.3 Å². The molecule has 7 heteroatoms. The van der Waals surface area contributed by atoms with Gasteiger partial charge in [0.05, 0.1) is 4.90 Å². The first kappa shape index (κ1) is 17.0. The van der Waals surface area contributed by atoms with Crippen LogP contribution in [0.1, 0.15) is 12.5 Å². The lowest BCUT2D eigenvalue weighted by Gasteiger charge is -2.17. The van der Waals surface area contributed by atoms with Gasteiger partial charge < -0.3 is 10.4 Å². The number of hydrogen-bond acceptors (Lipinski definition) is 4. The second-order valence-corrected chi connectivity index (χ2v) is 7.18. The lowest BCUT2D eigenvalue weighted by atomic mass is 10.2. The zero-order chi connectivity index (χ0) is 17.0. The summed E-state index contributed by atoms with van der Waals surface area (Å²) in [5.74, 6) is -0.0853. The van der Waals surface area contributed by atoms with E-state index in [2.05, 4.69) is 5.32 Å². The van der Waals surface area contributed by atoms with Crippen LogP contribution in [0, 0.1) is 0 Å². The van der Waals surface area contributed by atoms with Crippen LogP contribution in [0.3, 0.4) is 0 Å². The molecule has 0 fully saturated rings. The van der Waals surface area contributed by atoms with Gasteiger partial charge in [0, 0.05) is 26.2 Å². The lowest BCUT2D eigenvalue weighted by Crippen LogP contribution is -2.26. The zero-order valence-corrected chi connectivity index (χ0v) is 13.7. The maximum Gasteiger partial charge on any atom is 0.243 e. The molecule has 0 aromatic heterocycles. The Hall–Kier alpha value is -2.38. The number of rotatable bonds is 5. The van der Waals surface area contributed by atoms with E-state index in [9.17, 15) is 18.3 Å². The van der Waals surface area contributed by atoms with Crippen molar-refractivity contribution < 1.29 is 18.3 Å². The van der Waals surface area contributed by atoms with Crippen LogP contribution in [0.2, 0.25) is 0 Å². The molecule has 0 spiro atoms. The van der Waals surface area contributed by atoms with Gasteiger partial charge in [0.25, 0.3) is 0 Å². The predicted octanol–water partition coefficient (Wildman–Crippen LogP) is 2.17. The summed E-state index contributed by atoms with van der Waals surface area (Å²) in [7, 11) is -2.14. The Kier molecular flexibility index (Phi) is 5.02. The van der Waals surface area contributed by atoms with Gasteiger partial charge in [0.1, 0.15) is 5.75 Å². The fourth-order valence-electron chi connectivity index (χ4n) is 2.04. The number of amides is 1. The number of hydrogen-bond donors (Lipinski definition) is 2. The molecule has 0 aliphatic heterocycles. The Morgan fingerprint density at radius 1 is 1.09 bits per heavy atom. The number of carbonyl (C=O) groups excluding carboxylic acids is 1. The molecule has 0 radical (unpaired) electrons. The normalized spacial score (nSPS) is 11.4. The highest BCUT2D eigenvalue weighted by Gasteiger charge is 2.20. The van der Waals surface area contributed by atoms with Crippen LogP contribution in [0.25, 0.3) is 0 Å². The molecule has 0 saturated heterocycles. The number of phenols is 1. The van der Waals surface area contributed by atoms with Crippen LogP contribution in [-0.4, -0.2) is 30.8 Å². The van der Waals surface area contributed by atoms with Crippen LogP contribution in [-0.2, 0) is 21.4 Å². The monoisotopic (exact) mass is 334 g/mol. The predicted molar refractivity (Wildman–Crippen MR) is 87.5 cm³/mol. The van der Waals surface area contributed by atoms with Crippen molar-refractivity contribution in [1.29, 1.82) is 0 Å². The molecule has 2 rings (SSSR count). The van der Waals surface area contributed by atoms with E-state index in [0.29, 0.717) is 5.69 Å². The Balaban J connectivity index is 2.16. The number of anilines is 1. The largest absolute Gasteiger partial charge is 0.508 e. The molecule has 0 aliphatic carbocycles. The fourth-order valence-corrected chi connectivity index (χ4v) is 3.20. The molecule has 0 aliphatic rings. The van der Waals surface area contributed by atoms with Crippen molar-refractivity contribution in [1.82, 2.24) is 4.31 Å². The van der Waals surface area contributed by atoms with Crippen molar-refractivity contribution >= 4 is 21.6 Å². The summed E-state index contributed by atoms with van der Waals surface area (Å²) in [6.07, 6.45) is 0. The highest BCUT2D eigenvalue weighted by Crippen LogP contribution is 2.20. The fraction of sp³-hybridized carbons (Fsp3) is 0.188. The summed E-state index contributed by atoms with van der Waals surface area (Å²) >= 11 is 0. The third kappa shape index (κ3) is 4.30. The van der Waals surface area contributed by atoms with Gasteiger partial charge >= 0.3 is 0 Å². The SMILES string of the molecule is CC(=O)Nc1ccc(S(=O)(=O)N(C)Cc2ccc(O)cc2)cc1. The van der Waals surface area contributed by atoms with E-state index < -0.39 is 10.0 Å². The first-order chi connectivity index (χ1) is 10.8. The number of benzene rings is 2. The van der Waals surface area contributed by atoms with E-state index in [0.717, 1.165) is 5.56 Å². The third-order valence-electron chi connectivity index (χ3n) is 3.22. The van der Waals surface area contributed by atoms with Crippen LogP contribution < -0.4 is 5.32 Å². The first-order valence-electron chi connectivity index (χ1n) is 6.91. The number of nitrogens with one attached hydrogen (secondary N) is 1. The number of aromatic hydroxyl groups is 1. The summed E-state index contributed by atoms with van der Waals surface area (Å²) in [5.41, 5.74) is 1.31. The maximum atomic E-state index is 12.5. The van der Waals surface area contributed by atoms with Crippen molar-refractivity contribution in [2.24, 2.45) is 0 Å². The standard InChI is InChI=1S/C16H18N2O4S/c1-12(19)17-14-5-9-16(10-6-14)23(21,22)18(2)11-13-3-7-15(20)8-4-13/h3-10,20H,11H2,1-2H3,(H,17,19). The van der Waals surface area contributed by atoms with Crippen LogP contribution in [0.15, 0.2) is 53.4 Å². The van der Waals surface area contributed by atoms with Gasteiger partial charge in [0.15, 0.2) is 0 Å². The zero-order valence-electron chi connectivity index (χ0n) is 12.9. The molecular weight excluding hydrogens is 316 g/mol. The molecule has 2 aromatic rings. The van der Waals surface area contributed by atoms with Crippen LogP contribution in [0.4, 0.5) is 5.69 Å². The summed E-state index contributed by atoms with van der Waals surface area (Å²) in [5, 5.41) is 11.8. The molecule has 6 nitrogen and oxygen atoms in total. The second-order valence-electron chi connectivity index (χ2n) is 5.13. The highest BCUT2D eigenvalue weighted by atomic mass is 32.2. The van der Waals surface area contributed by atoms with Gasteiger partial charge in [-0.2, -0.15) is 4.31 Å². The molecule has 0 saturated carbocycles. The molecule has 2 N–H and O–H groups in total. The Morgan fingerprint density at radius 2 is 1.65 bits per heavy atom. The minimum Gasteiger partial charge on any atom is -0.508 e. The number of sulfonamides is 1. The van der Waals surface area contributed by atoms with E-state index in [1.807, 2.05) is 0 Å². The minimum atomic E-state index is -3.63. The average Bonchev–Trinajstić information content (AvgIpc) is 2.49.